The van der Waals surface area contributed by atoms with E-state index in [0.29, 0.717) is 13.1 Å². The van der Waals surface area contributed by atoms with Gasteiger partial charge in [-0.05, 0) is 12.1 Å². The van der Waals surface area contributed by atoms with Crippen molar-refractivity contribution in [2.24, 2.45) is 0 Å². The number of hydrogen-bond acceptors (Lipinski definition) is 6. The third-order valence-electron chi connectivity index (χ3n) is 5.02. The predicted molar refractivity (Wildman–Crippen MR) is 95.7 cm³/mol. The van der Waals surface area contributed by atoms with E-state index in [2.05, 4.69) is 15.1 Å². The molecule has 1 saturated heterocycles. The first-order chi connectivity index (χ1) is 13.2. The molecule has 0 radical (unpaired) electrons. The highest BCUT2D eigenvalue weighted by molar-refractivity contribution is 6.21. The van der Waals surface area contributed by atoms with Gasteiger partial charge in [0.15, 0.2) is 5.82 Å². The molecule has 2 aliphatic rings. The molecule has 5 rings (SSSR count). The van der Waals surface area contributed by atoms with Crippen molar-refractivity contribution in [3.05, 3.63) is 66.4 Å². The molecule has 1 unspecified atom stereocenters. The average molecular weight is 360 g/mol. The molecule has 0 aliphatic carbocycles. The Bertz CT molecular complexity index is 1020. The highest BCUT2D eigenvalue weighted by Crippen LogP contribution is 2.31. The number of fused-ring (bicyclic) bond motifs is 1. The molecule has 2 aromatic heterocycles. The maximum atomic E-state index is 12.9. The van der Waals surface area contributed by atoms with Gasteiger partial charge in [-0.3, -0.25) is 19.5 Å². The van der Waals surface area contributed by atoms with Crippen LogP contribution in [0.25, 0.3) is 5.69 Å². The van der Waals surface area contributed by atoms with E-state index in [-0.39, 0.29) is 24.1 Å². The van der Waals surface area contributed by atoms with E-state index in [1.807, 2.05) is 46.1 Å². The average Bonchev–Trinajstić information content (AvgIpc) is 3.35. The second kappa shape index (κ2) is 6.10. The van der Waals surface area contributed by atoms with Gasteiger partial charge in [-0.25, -0.2) is 14.6 Å². The SMILES string of the molecule is O=C1CC(N2Cc3cnn(-c4ccccc4)c3C2)C(=O)N1c1cnccn1. The van der Waals surface area contributed by atoms with Crippen molar-refractivity contribution in [1.82, 2.24) is 24.6 Å². The zero-order valence-electron chi connectivity index (χ0n) is 14.4. The molecule has 1 aromatic carbocycles. The fourth-order valence-corrected chi connectivity index (χ4v) is 3.74. The summed E-state index contributed by atoms with van der Waals surface area (Å²) in [7, 11) is 0. The van der Waals surface area contributed by atoms with Crippen LogP contribution in [0.1, 0.15) is 17.7 Å². The quantitative estimate of drug-likeness (QED) is 0.655. The van der Waals surface area contributed by atoms with Crippen LogP contribution in [0.5, 0.6) is 0 Å². The van der Waals surface area contributed by atoms with Gasteiger partial charge in [0, 0.05) is 31.0 Å². The summed E-state index contributed by atoms with van der Waals surface area (Å²) < 4.78 is 1.90. The highest BCUT2D eigenvalue weighted by Gasteiger charge is 2.45. The van der Waals surface area contributed by atoms with Crippen molar-refractivity contribution in [1.29, 1.82) is 0 Å². The lowest BCUT2D eigenvalue weighted by Crippen LogP contribution is -2.40. The minimum atomic E-state index is -0.490. The zero-order valence-corrected chi connectivity index (χ0v) is 14.4. The summed E-state index contributed by atoms with van der Waals surface area (Å²) >= 11 is 0. The molecule has 134 valence electrons. The number of imide groups is 1. The molecule has 4 heterocycles. The van der Waals surface area contributed by atoms with Crippen molar-refractivity contribution in [3.63, 3.8) is 0 Å². The number of benzene rings is 1. The molecule has 1 atom stereocenters. The first kappa shape index (κ1) is 15.8. The Labute approximate surface area is 155 Å². The molecule has 27 heavy (non-hydrogen) atoms. The van der Waals surface area contributed by atoms with Crippen molar-refractivity contribution in [2.75, 3.05) is 4.90 Å². The number of hydrogen-bond donors (Lipinski definition) is 0. The van der Waals surface area contributed by atoms with Gasteiger partial charge in [0.05, 0.1) is 36.2 Å². The lowest BCUT2D eigenvalue weighted by molar-refractivity contribution is -0.123. The van der Waals surface area contributed by atoms with Crippen LogP contribution in [0.2, 0.25) is 0 Å². The molecule has 8 nitrogen and oxygen atoms in total. The number of amides is 2. The Kier molecular flexibility index (Phi) is 3.58. The summed E-state index contributed by atoms with van der Waals surface area (Å²) in [4.78, 5) is 36.6. The van der Waals surface area contributed by atoms with Crippen LogP contribution in [-0.2, 0) is 22.7 Å². The summed E-state index contributed by atoms with van der Waals surface area (Å²) in [6.07, 6.45) is 6.41. The highest BCUT2D eigenvalue weighted by atomic mass is 16.2. The topological polar surface area (TPSA) is 84.2 Å². The standard InChI is InChI=1S/C19H16N6O2/c26-18-8-15(19(27)24(18)17-10-20-6-7-21-17)23-11-13-9-22-25(16(13)12-23)14-4-2-1-3-5-14/h1-7,9-10,15H,8,11-12H2. The summed E-state index contributed by atoms with van der Waals surface area (Å²) in [5, 5.41) is 4.48. The molecule has 0 N–H and O–H groups in total. The minimum absolute atomic E-state index is 0.151. The predicted octanol–water partition coefficient (Wildman–Crippen LogP) is 1.31. The number of carbonyl (C=O) groups is 2. The number of para-hydroxylation sites is 1. The second-order valence-corrected chi connectivity index (χ2v) is 6.62. The van der Waals surface area contributed by atoms with E-state index in [1.54, 1.807) is 0 Å². The molecular weight excluding hydrogens is 344 g/mol. The zero-order chi connectivity index (χ0) is 18.4. The van der Waals surface area contributed by atoms with Crippen LogP contribution in [-0.4, -0.2) is 42.5 Å². The Morgan fingerprint density at radius 2 is 1.85 bits per heavy atom. The van der Waals surface area contributed by atoms with Crippen LogP contribution in [0.4, 0.5) is 5.82 Å². The van der Waals surface area contributed by atoms with Crippen LogP contribution in [0, 0.1) is 0 Å². The molecule has 1 fully saturated rings. The maximum absolute atomic E-state index is 12.9. The molecule has 0 bridgehead atoms. The normalized spacial score (nSPS) is 19.7. The number of carbonyl (C=O) groups excluding carboxylic acids is 2. The van der Waals surface area contributed by atoms with Gasteiger partial charge in [-0.15, -0.1) is 0 Å². The molecule has 2 amide bonds. The van der Waals surface area contributed by atoms with Crippen molar-refractivity contribution in [2.45, 2.75) is 25.6 Å². The molecular formula is C19H16N6O2. The maximum Gasteiger partial charge on any atom is 0.252 e. The molecule has 3 aromatic rings. The monoisotopic (exact) mass is 360 g/mol. The van der Waals surface area contributed by atoms with E-state index < -0.39 is 6.04 Å². The first-order valence-electron chi connectivity index (χ1n) is 8.70. The van der Waals surface area contributed by atoms with Gasteiger partial charge in [0.1, 0.15) is 0 Å². The third-order valence-corrected chi connectivity index (χ3v) is 5.02. The van der Waals surface area contributed by atoms with Crippen molar-refractivity contribution < 1.29 is 9.59 Å². The molecule has 8 heteroatoms. The van der Waals surface area contributed by atoms with Crippen LogP contribution in [0.3, 0.4) is 0 Å². The van der Waals surface area contributed by atoms with E-state index in [9.17, 15) is 9.59 Å². The second-order valence-electron chi connectivity index (χ2n) is 6.62. The van der Waals surface area contributed by atoms with E-state index in [0.717, 1.165) is 21.8 Å². The van der Waals surface area contributed by atoms with Gasteiger partial charge in [0.25, 0.3) is 5.91 Å². The van der Waals surface area contributed by atoms with Gasteiger partial charge in [-0.2, -0.15) is 5.10 Å². The first-order valence-corrected chi connectivity index (χ1v) is 8.70. The smallest absolute Gasteiger partial charge is 0.252 e. The Balaban J connectivity index is 1.40. The van der Waals surface area contributed by atoms with Gasteiger partial charge < -0.3 is 0 Å². The summed E-state index contributed by atoms with van der Waals surface area (Å²) in [5.41, 5.74) is 3.12. The van der Waals surface area contributed by atoms with Crippen molar-refractivity contribution >= 4 is 17.6 Å². The largest absolute Gasteiger partial charge is 0.281 e. The van der Waals surface area contributed by atoms with E-state index in [1.165, 1.54) is 18.6 Å². The van der Waals surface area contributed by atoms with E-state index >= 15 is 0 Å². The third kappa shape index (κ3) is 2.53. The molecule has 2 aliphatic heterocycles. The Morgan fingerprint density at radius 3 is 2.63 bits per heavy atom. The fraction of sp³-hybridized carbons (Fsp3) is 0.211. The number of anilines is 1. The number of aromatic nitrogens is 4. The lowest BCUT2D eigenvalue weighted by atomic mass is 10.2. The van der Waals surface area contributed by atoms with Gasteiger partial charge in [-0.1, -0.05) is 18.2 Å². The number of rotatable bonds is 3. The Hall–Kier alpha value is -3.39. The summed E-state index contributed by atoms with van der Waals surface area (Å²) in [5.74, 6) is -0.210. The molecule has 0 saturated carbocycles. The van der Waals surface area contributed by atoms with Gasteiger partial charge >= 0.3 is 0 Å². The Morgan fingerprint density at radius 1 is 1.00 bits per heavy atom. The summed E-state index contributed by atoms with van der Waals surface area (Å²) in [6.45, 7) is 1.17. The summed E-state index contributed by atoms with van der Waals surface area (Å²) in [6, 6.07) is 9.40. The van der Waals surface area contributed by atoms with Crippen LogP contribution >= 0.6 is 0 Å². The van der Waals surface area contributed by atoms with Crippen LogP contribution < -0.4 is 4.90 Å². The van der Waals surface area contributed by atoms with E-state index in [4.69, 9.17) is 0 Å². The minimum Gasteiger partial charge on any atom is -0.281 e. The van der Waals surface area contributed by atoms with Crippen LogP contribution in [0.15, 0.2) is 55.1 Å². The van der Waals surface area contributed by atoms with Gasteiger partial charge in [0.2, 0.25) is 5.91 Å². The fourth-order valence-electron chi connectivity index (χ4n) is 3.74. The van der Waals surface area contributed by atoms with Crippen molar-refractivity contribution in [3.8, 4) is 5.69 Å². The number of nitrogens with zero attached hydrogens (tertiary/aromatic N) is 6. The molecule has 0 spiro atoms. The lowest BCUT2D eigenvalue weighted by Gasteiger charge is -2.21.